The minimum Gasteiger partial charge on any atom is -0.383 e. The summed E-state index contributed by atoms with van der Waals surface area (Å²) in [6.07, 6.45) is 2.05. The number of nitrogens with one attached hydrogen (secondary N) is 2. The van der Waals surface area contributed by atoms with Gasteiger partial charge in [0.2, 0.25) is 11.8 Å². The van der Waals surface area contributed by atoms with Gasteiger partial charge in [-0.2, -0.15) is 0 Å². The van der Waals surface area contributed by atoms with E-state index < -0.39 is 11.8 Å². The Morgan fingerprint density at radius 2 is 1.87 bits per heavy atom. The lowest BCUT2D eigenvalue weighted by Crippen LogP contribution is -2.40. The van der Waals surface area contributed by atoms with E-state index in [1.165, 1.54) is 35.5 Å². The monoisotopic (exact) mass is 585 g/mol. The number of rotatable bonds is 16. The summed E-state index contributed by atoms with van der Waals surface area (Å²) in [6.45, 7) is 9.58. The number of anilines is 1. The largest absolute Gasteiger partial charge is 0.383 e. The van der Waals surface area contributed by atoms with E-state index >= 15 is 0 Å². The standard InChI is InChI=1S/C26H37Cl2N5O4S/c1-5-32(6-2)11-7-8-18(3)29-23(34)15-20-17-38-26(30-20)31-24(35)16-33(12-13-37-4)25(36)21-10-9-19(27)14-22(21)28/h9-10,14,17-18H,5-8,11-13,15-16H2,1-4H3,(H,29,34)(H,30,31,35). The fraction of sp³-hybridized carbons (Fsp3) is 0.538. The van der Waals surface area contributed by atoms with E-state index in [9.17, 15) is 14.4 Å². The van der Waals surface area contributed by atoms with E-state index in [1.54, 1.807) is 11.4 Å². The maximum atomic E-state index is 13.0. The highest BCUT2D eigenvalue weighted by Gasteiger charge is 2.22. The van der Waals surface area contributed by atoms with Gasteiger partial charge in [-0.05, 0) is 57.6 Å². The highest BCUT2D eigenvalue weighted by molar-refractivity contribution is 7.13. The first-order chi connectivity index (χ1) is 18.2. The van der Waals surface area contributed by atoms with Gasteiger partial charge in [0.25, 0.3) is 5.91 Å². The Bertz CT molecular complexity index is 1060. The van der Waals surface area contributed by atoms with Crippen LogP contribution in [0, 0.1) is 0 Å². The Morgan fingerprint density at radius 1 is 1.13 bits per heavy atom. The fourth-order valence-electron chi connectivity index (χ4n) is 3.79. The molecule has 0 fully saturated rings. The smallest absolute Gasteiger partial charge is 0.255 e. The van der Waals surface area contributed by atoms with E-state index in [0.717, 1.165) is 32.5 Å². The van der Waals surface area contributed by atoms with E-state index in [4.69, 9.17) is 27.9 Å². The van der Waals surface area contributed by atoms with Gasteiger partial charge in [0.05, 0.1) is 29.3 Å². The molecule has 1 aromatic heterocycles. The summed E-state index contributed by atoms with van der Waals surface area (Å²) in [6, 6.07) is 4.64. The van der Waals surface area contributed by atoms with E-state index in [2.05, 4.69) is 34.4 Å². The first kappa shape index (κ1) is 32.0. The molecular formula is C26H37Cl2N5O4S. The normalized spacial score (nSPS) is 11.9. The van der Waals surface area contributed by atoms with Crippen molar-refractivity contribution >= 4 is 57.4 Å². The van der Waals surface area contributed by atoms with Gasteiger partial charge in [0.15, 0.2) is 5.13 Å². The first-order valence-electron chi connectivity index (χ1n) is 12.7. The summed E-state index contributed by atoms with van der Waals surface area (Å²) in [5, 5.41) is 8.42. The predicted molar refractivity (Wildman–Crippen MR) is 153 cm³/mol. The van der Waals surface area contributed by atoms with Crippen molar-refractivity contribution in [2.24, 2.45) is 0 Å². The Labute approximate surface area is 238 Å². The van der Waals surface area contributed by atoms with Crippen LogP contribution < -0.4 is 10.6 Å². The molecule has 0 aliphatic rings. The summed E-state index contributed by atoms with van der Waals surface area (Å²) in [5.74, 6) is -0.951. The molecule has 0 bridgehead atoms. The van der Waals surface area contributed by atoms with Crippen LogP contribution in [0.2, 0.25) is 10.0 Å². The van der Waals surface area contributed by atoms with Crippen molar-refractivity contribution in [2.75, 3.05) is 51.8 Å². The summed E-state index contributed by atoms with van der Waals surface area (Å²) in [5.41, 5.74) is 0.809. The molecular weight excluding hydrogens is 549 g/mol. The minimum absolute atomic E-state index is 0.0700. The van der Waals surface area contributed by atoms with Crippen molar-refractivity contribution in [3.63, 3.8) is 0 Å². The molecule has 0 spiro atoms. The zero-order chi connectivity index (χ0) is 28.1. The van der Waals surface area contributed by atoms with Crippen LogP contribution in [-0.2, 0) is 20.7 Å². The van der Waals surface area contributed by atoms with Crippen LogP contribution in [0.15, 0.2) is 23.6 Å². The van der Waals surface area contributed by atoms with Gasteiger partial charge in [0.1, 0.15) is 6.54 Å². The summed E-state index contributed by atoms with van der Waals surface area (Å²) >= 11 is 13.3. The SMILES string of the molecule is CCN(CC)CCCC(C)NC(=O)Cc1csc(NC(=O)CN(CCOC)C(=O)c2ccc(Cl)cc2Cl)n1. The van der Waals surface area contributed by atoms with Crippen LogP contribution in [0.1, 0.15) is 49.7 Å². The number of hydrogen-bond acceptors (Lipinski definition) is 7. The zero-order valence-electron chi connectivity index (χ0n) is 22.4. The fourth-order valence-corrected chi connectivity index (χ4v) is 5.00. The number of ether oxygens (including phenoxy) is 1. The third-order valence-electron chi connectivity index (χ3n) is 5.90. The van der Waals surface area contributed by atoms with Crippen molar-refractivity contribution in [3.8, 4) is 0 Å². The lowest BCUT2D eigenvalue weighted by Gasteiger charge is -2.22. The van der Waals surface area contributed by atoms with Crippen LogP contribution in [0.25, 0.3) is 0 Å². The Hall–Kier alpha value is -2.24. The van der Waals surface area contributed by atoms with Gasteiger partial charge in [-0.25, -0.2) is 4.98 Å². The molecule has 2 N–H and O–H groups in total. The van der Waals surface area contributed by atoms with Crippen LogP contribution in [-0.4, -0.2) is 85.0 Å². The maximum Gasteiger partial charge on any atom is 0.255 e. The number of hydrogen-bond donors (Lipinski definition) is 2. The maximum absolute atomic E-state index is 13.0. The number of carbonyl (C=O) groups excluding carboxylic acids is 3. The van der Waals surface area contributed by atoms with Crippen molar-refractivity contribution in [1.29, 1.82) is 0 Å². The molecule has 0 aliphatic heterocycles. The molecule has 9 nitrogen and oxygen atoms in total. The lowest BCUT2D eigenvalue weighted by molar-refractivity contribution is -0.121. The van der Waals surface area contributed by atoms with Crippen LogP contribution in [0.4, 0.5) is 5.13 Å². The molecule has 38 heavy (non-hydrogen) atoms. The quantitative estimate of drug-likeness (QED) is 0.303. The Kier molecular flexibility index (Phi) is 14.0. The number of thiazole rings is 1. The molecule has 1 heterocycles. The number of aromatic nitrogens is 1. The summed E-state index contributed by atoms with van der Waals surface area (Å²) in [7, 11) is 1.51. The average molecular weight is 587 g/mol. The summed E-state index contributed by atoms with van der Waals surface area (Å²) < 4.78 is 5.09. The molecule has 1 unspecified atom stereocenters. The summed E-state index contributed by atoms with van der Waals surface area (Å²) in [4.78, 5) is 46.2. The lowest BCUT2D eigenvalue weighted by atomic mass is 10.1. The molecule has 0 saturated carbocycles. The molecule has 1 aromatic carbocycles. The second kappa shape index (κ2) is 16.7. The van der Waals surface area contributed by atoms with Crippen molar-refractivity contribution < 1.29 is 19.1 Å². The van der Waals surface area contributed by atoms with Crippen LogP contribution in [0.3, 0.4) is 0 Å². The highest BCUT2D eigenvalue weighted by Crippen LogP contribution is 2.22. The predicted octanol–water partition coefficient (Wildman–Crippen LogP) is 4.35. The van der Waals surface area contributed by atoms with Gasteiger partial charge in [0, 0.05) is 30.1 Å². The molecule has 12 heteroatoms. The molecule has 0 saturated heterocycles. The van der Waals surface area contributed by atoms with Gasteiger partial charge >= 0.3 is 0 Å². The first-order valence-corrected chi connectivity index (χ1v) is 14.3. The third kappa shape index (κ3) is 10.9. The molecule has 0 aliphatic carbocycles. The van der Waals surface area contributed by atoms with Crippen LogP contribution in [0.5, 0.6) is 0 Å². The second-order valence-electron chi connectivity index (χ2n) is 8.85. The Morgan fingerprint density at radius 3 is 2.53 bits per heavy atom. The van der Waals surface area contributed by atoms with Gasteiger partial charge in [-0.3, -0.25) is 14.4 Å². The minimum atomic E-state index is -0.424. The number of methoxy groups -OCH3 is 1. The Balaban J connectivity index is 1.88. The van der Waals surface area contributed by atoms with E-state index in [-0.39, 0.29) is 48.7 Å². The van der Waals surface area contributed by atoms with Gasteiger partial charge < -0.3 is 25.2 Å². The van der Waals surface area contributed by atoms with Gasteiger partial charge in [-0.15, -0.1) is 11.3 Å². The van der Waals surface area contributed by atoms with Crippen molar-refractivity contribution in [3.05, 3.63) is 44.9 Å². The van der Waals surface area contributed by atoms with Gasteiger partial charge in [-0.1, -0.05) is 37.0 Å². The van der Waals surface area contributed by atoms with Crippen molar-refractivity contribution in [1.82, 2.24) is 20.1 Å². The highest BCUT2D eigenvalue weighted by atomic mass is 35.5. The third-order valence-corrected chi connectivity index (χ3v) is 7.26. The number of benzene rings is 1. The van der Waals surface area contributed by atoms with Crippen LogP contribution >= 0.6 is 34.5 Å². The van der Waals surface area contributed by atoms with E-state index in [1.807, 2.05) is 6.92 Å². The average Bonchev–Trinajstić information content (AvgIpc) is 3.30. The zero-order valence-corrected chi connectivity index (χ0v) is 24.7. The number of halogens is 2. The second-order valence-corrected chi connectivity index (χ2v) is 10.6. The topological polar surface area (TPSA) is 104 Å². The number of carbonyl (C=O) groups is 3. The molecule has 0 radical (unpaired) electrons. The van der Waals surface area contributed by atoms with E-state index in [0.29, 0.717) is 15.8 Å². The van der Waals surface area contributed by atoms with Crippen molar-refractivity contribution in [2.45, 2.75) is 46.1 Å². The molecule has 2 aromatic rings. The number of amides is 3. The number of nitrogens with zero attached hydrogens (tertiary/aromatic N) is 3. The molecule has 2 rings (SSSR count). The molecule has 3 amide bonds. The molecule has 210 valence electrons. The molecule has 1 atom stereocenters.